The Morgan fingerprint density at radius 2 is 2.10 bits per heavy atom. The molecule has 0 aliphatic carbocycles. The number of rotatable bonds is 4. The molecule has 21 heavy (non-hydrogen) atoms. The number of hydrogen-bond donors (Lipinski definition) is 1. The van der Waals surface area contributed by atoms with Crippen molar-refractivity contribution < 1.29 is 8.42 Å². The van der Waals surface area contributed by atoms with E-state index in [0.717, 1.165) is 17.5 Å². The van der Waals surface area contributed by atoms with Gasteiger partial charge in [0.1, 0.15) is 0 Å². The van der Waals surface area contributed by atoms with Crippen molar-refractivity contribution >= 4 is 26.0 Å². The molecule has 0 radical (unpaired) electrons. The summed E-state index contributed by atoms with van der Waals surface area (Å²) in [7, 11) is 0.477. The quantitative estimate of drug-likeness (QED) is 0.866. The Morgan fingerprint density at radius 1 is 1.43 bits per heavy atom. The predicted octanol–water partition coefficient (Wildman–Crippen LogP) is 1.54. The lowest BCUT2D eigenvalue weighted by molar-refractivity contribution is 0.302. The minimum atomic E-state index is -3.49. The average Bonchev–Trinajstić information content (AvgIpc) is 2.92. The molecule has 0 amide bonds. The number of likely N-dealkylation sites (N-methyl/N-ethyl adjacent to an activating group) is 1. The average molecular weight is 376 g/mol. The number of hydrogen-bond acceptors (Lipinski definition) is 4. The summed E-state index contributed by atoms with van der Waals surface area (Å²) in [6.45, 7) is 3.31. The molecular formula is C14H22BrN3O2S. The number of benzene rings is 1. The summed E-state index contributed by atoms with van der Waals surface area (Å²) in [5.41, 5.74) is 7.39. The third-order valence-corrected chi connectivity index (χ3v) is 7.20. The zero-order valence-corrected chi connectivity index (χ0v) is 15.0. The normalized spacial score (nSPS) is 20.4. The Kier molecular flexibility index (Phi) is 5.10. The summed E-state index contributed by atoms with van der Waals surface area (Å²) in [5.74, 6) is 0. The minimum absolute atomic E-state index is 0.275. The standard InChI is InChI=1S/C14H22BrN3O2S/c1-10-6-11(8-16)7-13(14(10)15)21(19,20)18-5-4-12(9-18)17(2)3/h6-7,12H,4-5,8-9,16H2,1-3H3. The van der Waals surface area contributed by atoms with Crippen molar-refractivity contribution in [3.63, 3.8) is 0 Å². The van der Waals surface area contributed by atoms with Crippen LogP contribution in [0.5, 0.6) is 0 Å². The van der Waals surface area contributed by atoms with Gasteiger partial charge >= 0.3 is 0 Å². The van der Waals surface area contributed by atoms with Gasteiger partial charge in [-0.25, -0.2) is 8.42 Å². The van der Waals surface area contributed by atoms with Crippen molar-refractivity contribution in [2.75, 3.05) is 27.2 Å². The van der Waals surface area contributed by atoms with E-state index in [0.29, 0.717) is 29.0 Å². The zero-order valence-electron chi connectivity index (χ0n) is 12.6. The van der Waals surface area contributed by atoms with Gasteiger partial charge in [0.15, 0.2) is 0 Å². The molecule has 1 heterocycles. The predicted molar refractivity (Wildman–Crippen MR) is 87.6 cm³/mol. The summed E-state index contributed by atoms with van der Waals surface area (Å²) in [4.78, 5) is 2.40. The lowest BCUT2D eigenvalue weighted by Gasteiger charge is -2.21. The van der Waals surface area contributed by atoms with Crippen molar-refractivity contribution in [1.82, 2.24) is 9.21 Å². The van der Waals surface area contributed by atoms with E-state index in [4.69, 9.17) is 5.73 Å². The van der Waals surface area contributed by atoms with Gasteiger partial charge in [-0.05, 0) is 60.6 Å². The summed E-state index contributed by atoms with van der Waals surface area (Å²) < 4.78 is 28.0. The van der Waals surface area contributed by atoms with Crippen molar-refractivity contribution in [2.45, 2.75) is 30.8 Å². The van der Waals surface area contributed by atoms with Gasteiger partial charge in [0, 0.05) is 30.1 Å². The molecule has 0 saturated carbocycles. The lowest BCUT2D eigenvalue weighted by Crippen LogP contribution is -2.34. The van der Waals surface area contributed by atoms with E-state index < -0.39 is 10.0 Å². The minimum Gasteiger partial charge on any atom is -0.326 e. The Hall–Kier alpha value is -0.470. The van der Waals surface area contributed by atoms with Crippen molar-refractivity contribution in [3.8, 4) is 0 Å². The maximum absolute atomic E-state index is 12.9. The second-order valence-electron chi connectivity index (χ2n) is 5.70. The summed E-state index contributed by atoms with van der Waals surface area (Å²) in [6.07, 6.45) is 0.861. The second kappa shape index (κ2) is 6.34. The number of aryl methyl sites for hydroxylation is 1. The third-order valence-electron chi connectivity index (χ3n) is 3.99. The van der Waals surface area contributed by atoms with Crippen LogP contribution in [0.3, 0.4) is 0 Å². The Bertz CT molecular complexity index is 631. The summed E-state index contributed by atoms with van der Waals surface area (Å²) in [5, 5.41) is 0. The fraction of sp³-hybridized carbons (Fsp3) is 0.571. The van der Waals surface area contributed by atoms with Gasteiger partial charge in [0.25, 0.3) is 0 Å². The van der Waals surface area contributed by atoms with Gasteiger partial charge in [-0.15, -0.1) is 0 Å². The first-order chi connectivity index (χ1) is 9.77. The molecule has 1 aliphatic rings. The van der Waals surface area contributed by atoms with E-state index in [2.05, 4.69) is 20.8 Å². The lowest BCUT2D eigenvalue weighted by atomic mass is 10.1. The molecule has 7 heteroatoms. The highest BCUT2D eigenvalue weighted by molar-refractivity contribution is 9.10. The van der Waals surface area contributed by atoms with Crippen LogP contribution in [0, 0.1) is 6.92 Å². The molecule has 118 valence electrons. The highest BCUT2D eigenvalue weighted by Gasteiger charge is 2.34. The summed E-state index contributed by atoms with van der Waals surface area (Å²) >= 11 is 3.41. The molecular weight excluding hydrogens is 354 g/mol. The van der Waals surface area contributed by atoms with Gasteiger partial charge in [0.2, 0.25) is 10.0 Å². The fourth-order valence-electron chi connectivity index (χ4n) is 2.60. The molecule has 1 atom stereocenters. The van der Waals surface area contributed by atoms with Gasteiger partial charge in [0.05, 0.1) is 4.90 Å². The molecule has 0 bridgehead atoms. The number of halogens is 1. The van der Waals surface area contributed by atoms with Crippen LogP contribution in [0.15, 0.2) is 21.5 Å². The highest BCUT2D eigenvalue weighted by Crippen LogP contribution is 2.31. The first kappa shape index (κ1) is 16.9. The van der Waals surface area contributed by atoms with E-state index >= 15 is 0 Å². The molecule has 1 aromatic rings. The van der Waals surface area contributed by atoms with Gasteiger partial charge in [-0.2, -0.15) is 4.31 Å². The van der Waals surface area contributed by atoms with Gasteiger partial charge < -0.3 is 10.6 Å². The SMILES string of the molecule is Cc1cc(CN)cc(S(=O)(=O)N2CCC(N(C)C)C2)c1Br. The molecule has 1 unspecified atom stereocenters. The van der Waals surface area contributed by atoms with Crippen LogP contribution in [-0.4, -0.2) is 50.8 Å². The molecule has 2 rings (SSSR count). The number of nitrogens with zero attached hydrogens (tertiary/aromatic N) is 2. The van der Waals surface area contributed by atoms with Gasteiger partial charge in [-0.1, -0.05) is 6.07 Å². The Labute approximate surface area is 135 Å². The molecule has 5 nitrogen and oxygen atoms in total. The van der Waals surface area contributed by atoms with E-state index in [1.54, 1.807) is 10.4 Å². The molecule has 1 fully saturated rings. The van der Waals surface area contributed by atoms with E-state index in [1.807, 2.05) is 27.1 Å². The molecule has 1 aromatic carbocycles. The first-order valence-corrected chi connectivity index (χ1v) is 9.16. The van der Waals surface area contributed by atoms with Crippen LogP contribution in [-0.2, 0) is 16.6 Å². The fourth-order valence-corrected chi connectivity index (χ4v) is 5.13. The monoisotopic (exact) mass is 375 g/mol. The van der Waals surface area contributed by atoms with Gasteiger partial charge in [-0.3, -0.25) is 0 Å². The third kappa shape index (κ3) is 3.32. The topological polar surface area (TPSA) is 66.6 Å². The van der Waals surface area contributed by atoms with Crippen LogP contribution in [0.25, 0.3) is 0 Å². The number of nitrogens with two attached hydrogens (primary N) is 1. The maximum atomic E-state index is 12.9. The Balaban J connectivity index is 2.39. The van der Waals surface area contributed by atoms with Crippen LogP contribution in [0.2, 0.25) is 0 Å². The molecule has 0 aromatic heterocycles. The van der Waals surface area contributed by atoms with Crippen LogP contribution < -0.4 is 5.73 Å². The molecule has 1 aliphatic heterocycles. The second-order valence-corrected chi connectivity index (χ2v) is 8.40. The smallest absolute Gasteiger partial charge is 0.244 e. The maximum Gasteiger partial charge on any atom is 0.244 e. The molecule has 0 spiro atoms. The largest absolute Gasteiger partial charge is 0.326 e. The van der Waals surface area contributed by atoms with Crippen molar-refractivity contribution in [2.24, 2.45) is 5.73 Å². The molecule has 2 N–H and O–H groups in total. The Morgan fingerprint density at radius 3 is 2.62 bits per heavy atom. The first-order valence-electron chi connectivity index (χ1n) is 6.93. The zero-order chi connectivity index (χ0) is 15.8. The summed E-state index contributed by atoms with van der Waals surface area (Å²) in [6, 6.07) is 3.86. The van der Waals surface area contributed by atoms with Crippen molar-refractivity contribution in [3.05, 3.63) is 27.7 Å². The number of sulfonamides is 1. The molecule has 1 saturated heterocycles. The van der Waals surface area contributed by atoms with E-state index in [-0.39, 0.29) is 6.04 Å². The van der Waals surface area contributed by atoms with Crippen LogP contribution >= 0.6 is 15.9 Å². The van der Waals surface area contributed by atoms with E-state index in [1.165, 1.54) is 0 Å². The van der Waals surface area contributed by atoms with Crippen molar-refractivity contribution in [1.29, 1.82) is 0 Å². The van der Waals surface area contributed by atoms with E-state index in [9.17, 15) is 8.42 Å². The van der Waals surface area contributed by atoms with Crippen LogP contribution in [0.4, 0.5) is 0 Å². The van der Waals surface area contributed by atoms with Crippen LogP contribution in [0.1, 0.15) is 17.5 Å². The highest BCUT2D eigenvalue weighted by atomic mass is 79.9.